The Bertz CT molecular complexity index is 546. The zero-order valence-corrected chi connectivity index (χ0v) is 10.7. The van der Waals surface area contributed by atoms with Crippen LogP contribution in [-0.2, 0) is 4.79 Å². The first kappa shape index (κ1) is 13.5. The number of benzene rings is 1. The molecule has 0 aromatic heterocycles. The highest BCUT2D eigenvalue weighted by atomic mass is 19.1. The third kappa shape index (κ3) is 3.30. The van der Waals surface area contributed by atoms with Gasteiger partial charge in [0.15, 0.2) is 0 Å². The number of amides is 1. The van der Waals surface area contributed by atoms with Crippen molar-refractivity contribution in [3.05, 3.63) is 29.1 Å². The molecule has 0 spiro atoms. The zero-order chi connectivity index (χ0) is 14.0. The van der Waals surface area contributed by atoms with Crippen molar-refractivity contribution >= 4 is 11.6 Å². The van der Waals surface area contributed by atoms with E-state index in [1.165, 1.54) is 6.07 Å². The van der Waals surface area contributed by atoms with Crippen LogP contribution >= 0.6 is 0 Å². The van der Waals surface area contributed by atoms with Crippen LogP contribution in [0.2, 0.25) is 0 Å². The number of hydrogen-bond acceptors (Lipinski definition) is 3. The third-order valence-corrected chi connectivity index (χ3v) is 3.40. The lowest BCUT2D eigenvalue weighted by Gasteiger charge is -2.12. The molecule has 1 aromatic rings. The summed E-state index contributed by atoms with van der Waals surface area (Å²) in [6, 6.07) is 4.35. The first-order valence-corrected chi connectivity index (χ1v) is 6.27. The summed E-state index contributed by atoms with van der Waals surface area (Å²) in [5, 5.41) is 11.4. The standard InChI is InChI=1S/C14H16FN3O/c1-8-11(15)4-9(7-16)5-13(8)18-14(19)6-12(17)10-2-3-10/h4-5,10,12H,2-3,6,17H2,1H3,(H,18,19). The quantitative estimate of drug-likeness (QED) is 0.870. The summed E-state index contributed by atoms with van der Waals surface area (Å²) in [5.74, 6) is -0.299. The Morgan fingerprint density at radius 1 is 1.63 bits per heavy atom. The largest absolute Gasteiger partial charge is 0.327 e. The summed E-state index contributed by atoms with van der Waals surface area (Å²) in [4.78, 5) is 11.8. The molecule has 4 nitrogen and oxygen atoms in total. The van der Waals surface area contributed by atoms with Gasteiger partial charge in [-0.15, -0.1) is 0 Å². The Labute approximate surface area is 111 Å². The Morgan fingerprint density at radius 3 is 2.89 bits per heavy atom. The number of nitriles is 1. The molecule has 1 aromatic carbocycles. The van der Waals surface area contributed by atoms with Crippen LogP contribution in [0.15, 0.2) is 12.1 Å². The van der Waals surface area contributed by atoms with Crippen molar-refractivity contribution < 1.29 is 9.18 Å². The second kappa shape index (κ2) is 5.37. The van der Waals surface area contributed by atoms with Gasteiger partial charge in [-0.2, -0.15) is 5.26 Å². The van der Waals surface area contributed by atoms with Crippen molar-refractivity contribution in [3.63, 3.8) is 0 Å². The maximum absolute atomic E-state index is 13.6. The fourth-order valence-corrected chi connectivity index (χ4v) is 1.98. The second-order valence-electron chi connectivity index (χ2n) is 5.00. The molecule has 1 aliphatic carbocycles. The lowest BCUT2D eigenvalue weighted by Crippen LogP contribution is -2.29. The molecule has 0 radical (unpaired) electrons. The van der Waals surface area contributed by atoms with E-state index < -0.39 is 5.82 Å². The minimum absolute atomic E-state index is 0.135. The van der Waals surface area contributed by atoms with Gasteiger partial charge in [0.1, 0.15) is 5.82 Å². The smallest absolute Gasteiger partial charge is 0.225 e. The molecule has 0 saturated heterocycles. The normalized spacial score (nSPS) is 15.7. The molecule has 1 atom stereocenters. The van der Waals surface area contributed by atoms with E-state index in [9.17, 15) is 9.18 Å². The molecule has 1 amide bonds. The lowest BCUT2D eigenvalue weighted by atomic mass is 10.1. The van der Waals surface area contributed by atoms with E-state index in [4.69, 9.17) is 11.0 Å². The molecular formula is C14H16FN3O. The van der Waals surface area contributed by atoms with Crippen LogP contribution in [0, 0.1) is 30.0 Å². The number of carbonyl (C=O) groups is 1. The van der Waals surface area contributed by atoms with Gasteiger partial charge in [-0.05, 0) is 37.8 Å². The van der Waals surface area contributed by atoms with Crippen LogP contribution in [-0.4, -0.2) is 11.9 Å². The van der Waals surface area contributed by atoms with E-state index in [0.29, 0.717) is 17.2 Å². The second-order valence-corrected chi connectivity index (χ2v) is 5.00. The van der Waals surface area contributed by atoms with Gasteiger partial charge in [0.05, 0.1) is 11.6 Å². The van der Waals surface area contributed by atoms with Crippen molar-refractivity contribution in [2.24, 2.45) is 11.7 Å². The third-order valence-electron chi connectivity index (χ3n) is 3.40. The summed E-state index contributed by atoms with van der Waals surface area (Å²) in [6.45, 7) is 1.56. The highest BCUT2D eigenvalue weighted by Gasteiger charge is 2.29. The van der Waals surface area contributed by atoms with Gasteiger partial charge in [0.25, 0.3) is 0 Å². The molecular weight excluding hydrogens is 245 g/mol. The zero-order valence-electron chi connectivity index (χ0n) is 10.7. The van der Waals surface area contributed by atoms with Crippen molar-refractivity contribution in [1.29, 1.82) is 5.26 Å². The highest BCUT2D eigenvalue weighted by Crippen LogP contribution is 2.33. The molecule has 1 aliphatic rings. The SMILES string of the molecule is Cc1c(F)cc(C#N)cc1NC(=O)CC(N)C1CC1. The van der Waals surface area contributed by atoms with Crippen molar-refractivity contribution in [2.45, 2.75) is 32.2 Å². The molecule has 1 saturated carbocycles. The predicted octanol–water partition coefficient (Wildman–Crippen LogP) is 2.07. The molecule has 1 fully saturated rings. The van der Waals surface area contributed by atoms with Crippen molar-refractivity contribution in [1.82, 2.24) is 0 Å². The van der Waals surface area contributed by atoms with E-state index in [2.05, 4.69) is 5.32 Å². The fraction of sp³-hybridized carbons (Fsp3) is 0.429. The molecule has 0 bridgehead atoms. The van der Waals surface area contributed by atoms with E-state index in [1.54, 1.807) is 6.92 Å². The van der Waals surface area contributed by atoms with Crippen LogP contribution in [0.3, 0.4) is 0 Å². The first-order valence-electron chi connectivity index (χ1n) is 6.27. The Hall–Kier alpha value is -1.93. The van der Waals surface area contributed by atoms with Gasteiger partial charge >= 0.3 is 0 Å². The van der Waals surface area contributed by atoms with Crippen molar-refractivity contribution in [2.75, 3.05) is 5.32 Å². The molecule has 0 heterocycles. The number of hydrogen-bond donors (Lipinski definition) is 2. The Morgan fingerprint density at radius 2 is 2.32 bits per heavy atom. The molecule has 19 heavy (non-hydrogen) atoms. The van der Waals surface area contributed by atoms with Gasteiger partial charge in [-0.1, -0.05) is 0 Å². The summed E-state index contributed by atoms with van der Waals surface area (Å²) in [7, 11) is 0. The van der Waals surface area contributed by atoms with E-state index in [0.717, 1.165) is 18.9 Å². The van der Waals surface area contributed by atoms with Crippen LogP contribution in [0.4, 0.5) is 10.1 Å². The van der Waals surface area contributed by atoms with Gasteiger partial charge < -0.3 is 11.1 Å². The van der Waals surface area contributed by atoms with E-state index >= 15 is 0 Å². The average molecular weight is 261 g/mol. The van der Waals surface area contributed by atoms with Crippen LogP contribution in [0.5, 0.6) is 0 Å². The van der Waals surface area contributed by atoms with Gasteiger partial charge in [0.2, 0.25) is 5.91 Å². The minimum Gasteiger partial charge on any atom is -0.327 e. The average Bonchev–Trinajstić information content (AvgIpc) is 3.18. The summed E-state index contributed by atoms with van der Waals surface area (Å²) in [5.41, 5.74) is 6.72. The maximum Gasteiger partial charge on any atom is 0.225 e. The number of carbonyl (C=O) groups excluding carboxylic acids is 1. The predicted molar refractivity (Wildman–Crippen MR) is 69.8 cm³/mol. The number of halogens is 1. The number of anilines is 1. The highest BCUT2D eigenvalue weighted by molar-refractivity contribution is 5.92. The molecule has 5 heteroatoms. The molecule has 1 unspecified atom stereocenters. The van der Waals surface area contributed by atoms with Gasteiger partial charge in [-0.3, -0.25) is 4.79 Å². The first-order chi connectivity index (χ1) is 9.01. The minimum atomic E-state index is -0.499. The molecule has 0 aliphatic heterocycles. The summed E-state index contributed by atoms with van der Waals surface area (Å²) in [6.07, 6.45) is 2.38. The summed E-state index contributed by atoms with van der Waals surface area (Å²) >= 11 is 0. The number of rotatable bonds is 4. The number of nitrogens with one attached hydrogen (secondary N) is 1. The van der Waals surface area contributed by atoms with E-state index in [-0.39, 0.29) is 23.9 Å². The van der Waals surface area contributed by atoms with E-state index in [1.807, 2.05) is 6.07 Å². The summed E-state index contributed by atoms with van der Waals surface area (Å²) < 4.78 is 13.6. The maximum atomic E-state index is 13.6. The topological polar surface area (TPSA) is 78.9 Å². The van der Waals surface area contributed by atoms with Crippen LogP contribution in [0.25, 0.3) is 0 Å². The molecule has 3 N–H and O–H groups in total. The fourth-order valence-electron chi connectivity index (χ4n) is 1.98. The van der Waals surface area contributed by atoms with Crippen LogP contribution < -0.4 is 11.1 Å². The monoisotopic (exact) mass is 261 g/mol. The Balaban J connectivity index is 2.07. The molecule has 2 rings (SSSR count). The lowest BCUT2D eigenvalue weighted by molar-refractivity contribution is -0.116. The van der Waals surface area contributed by atoms with Gasteiger partial charge in [0, 0.05) is 23.7 Å². The van der Waals surface area contributed by atoms with Gasteiger partial charge in [-0.25, -0.2) is 4.39 Å². The number of nitrogens with zero attached hydrogens (tertiary/aromatic N) is 1. The van der Waals surface area contributed by atoms with Crippen LogP contribution in [0.1, 0.15) is 30.4 Å². The Kier molecular flexibility index (Phi) is 3.82. The molecule has 100 valence electrons. The van der Waals surface area contributed by atoms with Crippen molar-refractivity contribution in [3.8, 4) is 6.07 Å². The number of nitrogens with two attached hydrogens (primary N) is 1.